The summed E-state index contributed by atoms with van der Waals surface area (Å²) in [6.07, 6.45) is 1.43. The number of imide groups is 1. The highest BCUT2D eigenvalue weighted by molar-refractivity contribution is 6.10. The van der Waals surface area contributed by atoms with Crippen LogP contribution in [0.1, 0.15) is 31.2 Å². The Bertz CT molecular complexity index is 829. The van der Waals surface area contributed by atoms with Gasteiger partial charge in [-0.25, -0.2) is 4.39 Å². The minimum Gasteiger partial charge on any atom is -0.384 e. The molecule has 0 unspecified atom stereocenters. The number of ether oxygens (including phenoxy) is 1. The number of likely N-dealkylation sites (N-methyl/N-ethyl adjacent to an activating group) is 1. The lowest BCUT2D eigenvalue weighted by molar-refractivity contribution is -0.143. The Kier molecular flexibility index (Phi) is 7.43. The van der Waals surface area contributed by atoms with E-state index >= 15 is 0 Å². The summed E-state index contributed by atoms with van der Waals surface area (Å²) in [6.45, 7) is 2.43. The van der Waals surface area contributed by atoms with Gasteiger partial charge >= 0.3 is 0 Å². The maximum absolute atomic E-state index is 14.9. The van der Waals surface area contributed by atoms with Crippen LogP contribution in [0.25, 0.3) is 0 Å². The summed E-state index contributed by atoms with van der Waals surface area (Å²) >= 11 is 0. The highest BCUT2D eigenvalue weighted by Gasteiger charge is 2.55. The number of halogens is 1. The van der Waals surface area contributed by atoms with Crippen LogP contribution in [0.5, 0.6) is 0 Å². The van der Waals surface area contributed by atoms with E-state index in [0.29, 0.717) is 26.2 Å². The number of hydrogen-bond donors (Lipinski definition) is 0. The minimum atomic E-state index is -1.50. The summed E-state index contributed by atoms with van der Waals surface area (Å²) in [5, 5.41) is 0. The van der Waals surface area contributed by atoms with E-state index in [4.69, 9.17) is 4.74 Å². The van der Waals surface area contributed by atoms with Crippen LogP contribution in [-0.4, -0.2) is 86.4 Å². The molecule has 3 rings (SSSR count). The van der Waals surface area contributed by atoms with Gasteiger partial charge in [0.25, 0.3) is 0 Å². The largest absolute Gasteiger partial charge is 0.384 e. The second-order valence-electron chi connectivity index (χ2n) is 8.87. The average molecular weight is 434 g/mol. The second-order valence-corrected chi connectivity index (χ2v) is 8.87. The number of methoxy groups -OCH3 is 1. The first-order valence-corrected chi connectivity index (χ1v) is 10.8. The molecule has 0 aromatic heterocycles. The smallest absolute Gasteiger partial charge is 0.241 e. The number of benzene rings is 1. The van der Waals surface area contributed by atoms with Crippen molar-refractivity contribution in [3.8, 4) is 0 Å². The van der Waals surface area contributed by atoms with E-state index < -0.39 is 17.1 Å². The van der Waals surface area contributed by atoms with Crippen molar-refractivity contribution in [3.63, 3.8) is 0 Å². The Balaban J connectivity index is 1.89. The van der Waals surface area contributed by atoms with Crippen LogP contribution in [0.2, 0.25) is 0 Å². The number of rotatable bonds is 8. The van der Waals surface area contributed by atoms with Crippen LogP contribution in [0, 0.1) is 11.7 Å². The highest BCUT2D eigenvalue weighted by atomic mass is 19.1. The third-order valence-corrected chi connectivity index (χ3v) is 6.30. The SMILES string of the molecule is COC[C@@H]1CCCN(C(=O)C[C@@]2(c3ccccc3F)CC(=O)N(CCN(C)C)C2=O)C1. The zero-order valence-corrected chi connectivity index (χ0v) is 18.6. The number of piperidine rings is 1. The van der Waals surface area contributed by atoms with Gasteiger partial charge in [-0.15, -0.1) is 0 Å². The molecule has 2 atom stereocenters. The Labute approximate surface area is 183 Å². The Hall–Kier alpha value is -2.32. The fraction of sp³-hybridized carbons (Fsp3) is 0.609. The van der Waals surface area contributed by atoms with E-state index in [1.807, 2.05) is 19.0 Å². The molecule has 2 saturated heterocycles. The second kappa shape index (κ2) is 9.87. The molecular formula is C23H32FN3O4. The topological polar surface area (TPSA) is 70.2 Å². The molecule has 0 bridgehead atoms. The van der Waals surface area contributed by atoms with Crippen molar-refractivity contribution in [1.82, 2.24) is 14.7 Å². The van der Waals surface area contributed by atoms with Gasteiger partial charge in [0.1, 0.15) is 5.82 Å². The molecule has 8 heteroatoms. The van der Waals surface area contributed by atoms with Gasteiger partial charge < -0.3 is 14.5 Å². The van der Waals surface area contributed by atoms with E-state index in [1.54, 1.807) is 24.1 Å². The zero-order chi connectivity index (χ0) is 22.6. The molecule has 31 heavy (non-hydrogen) atoms. The lowest BCUT2D eigenvalue weighted by Crippen LogP contribution is -2.47. The third-order valence-electron chi connectivity index (χ3n) is 6.30. The summed E-state index contributed by atoms with van der Waals surface area (Å²) < 4.78 is 20.1. The van der Waals surface area contributed by atoms with Crippen molar-refractivity contribution in [2.75, 3.05) is 54.0 Å². The third kappa shape index (κ3) is 4.96. The molecule has 2 aliphatic heterocycles. The van der Waals surface area contributed by atoms with Crippen molar-refractivity contribution in [3.05, 3.63) is 35.6 Å². The number of carbonyl (C=O) groups is 3. The van der Waals surface area contributed by atoms with Crippen molar-refractivity contribution in [2.45, 2.75) is 31.1 Å². The van der Waals surface area contributed by atoms with Crippen molar-refractivity contribution >= 4 is 17.7 Å². The molecule has 1 aromatic carbocycles. The number of likely N-dealkylation sites (tertiary alicyclic amines) is 2. The molecule has 7 nitrogen and oxygen atoms in total. The van der Waals surface area contributed by atoms with Gasteiger partial charge in [-0.2, -0.15) is 0 Å². The average Bonchev–Trinajstić information content (AvgIpc) is 2.97. The Morgan fingerprint density at radius 3 is 2.71 bits per heavy atom. The number of nitrogens with zero attached hydrogens (tertiary/aromatic N) is 3. The van der Waals surface area contributed by atoms with Crippen LogP contribution in [0.15, 0.2) is 24.3 Å². The lowest BCUT2D eigenvalue weighted by atomic mass is 9.75. The van der Waals surface area contributed by atoms with Gasteiger partial charge in [-0.05, 0) is 38.9 Å². The van der Waals surface area contributed by atoms with Crippen LogP contribution < -0.4 is 0 Å². The number of carbonyl (C=O) groups excluding carboxylic acids is 3. The van der Waals surface area contributed by atoms with E-state index in [0.717, 1.165) is 12.8 Å². The van der Waals surface area contributed by atoms with Gasteiger partial charge in [-0.1, -0.05) is 18.2 Å². The minimum absolute atomic E-state index is 0.125. The fourth-order valence-electron chi connectivity index (χ4n) is 4.65. The molecule has 3 amide bonds. The van der Waals surface area contributed by atoms with Crippen molar-refractivity contribution < 1.29 is 23.5 Å². The molecule has 1 aromatic rings. The molecule has 0 radical (unpaired) electrons. The van der Waals surface area contributed by atoms with E-state index in [1.165, 1.54) is 17.0 Å². The summed E-state index contributed by atoms with van der Waals surface area (Å²) in [6, 6.07) is 5.98. The van der Waals surface area contributed by atoms with Gasteiger partial charge in [0.05, 0.1) is 12.0 Å². The maximum atomic E-state index is 14.9. The van der Waals surface area contributed by atoms with E-state index in [2.05, 4.69) is 0 Å². The zero-order valence-electron chi connectivity index (χ0n) is 18.6. The first-order chi connectivity index (χ1) is 14.8. The number of hydrogen-bond acceptors (Lipinski definition) is 5. The highest BCUT2D eigenvalue weighted by Crippen LogP contribution is 2.41. The maximum Gasteiger partial charge on any atom is 0.241 e. The quantitative estimate of drug-likeness (QED) is 0.583. The summed E-state index contributed by atoms with van der Waals surface area (Å²) in [7, 11) is 5.34. The molecule has 2 aliphatic rings. The molecule has 0 saturated carbocycles. The molecule has 2 fully saturated rings. The number of amides is 3. The van der Waals surface area contributed by atoms with Gasteiger partial charge in [0, 0.05) is 51.7 Å². The summed E-state index contributed by atoms with van der Waals surface area (Å²) in [5.41, 5.74) is -1.38. The molecule has 2 heterocycles. The summed E-state index contributed by atoms with van der Waals surface area (Å²) in [4.78, 5) is 44.4. The van der Waals surface area contributed by atoms with Crippen molar-refractivity contribution in [1.29, 1.82) is 0 Å². The Morgan fingerprint density at radius 2 is 2.03 bits per heavy atom. The molecule has 0 spiro atoms. The predicted octanol–water partition coefficient (Wildman–Crippen LogP) is 1.66. The summed E-state index contributed by atoms with van der Waals surface area (Å²) in [5.74, 6) is -1.40. The fourth-order valence-corrected chi connectivity index (χ4v) is 4.65. The predicted molar refractivity (Wildman–Crippen MR) is 114 cm³/mol. The first-order valence-electron chi connectivity index (χ1n) is 10.8. The normalized spacial score (nSPS) is 24.4. The van der Waals surface area contributed by atoms with Gasteiger partial charge in [0.15, 0.2) is 0 Å². The van der Waals surface area contributed by atoms with Crippen LogP contribution in [-0.2, 0) is 24.5 Å². The monoisotopic (exact) mass is 433 g/mol. The van der Waals surface area contributed by atoms with Crippen LogP contribution >= 0.6 is 0 Å². The van der Waals surface area contributed by atoms with Crippen LogP contribution in [0.4, 0.5) is 4.39 Å². The first kappa shape index (κ1) is 23.3. The molecule has 0 N–H and O–H groups in total. The van der Waals surface area contributed by atoms with Crippen LogP contribution in [0.3, 0.4) is 0 Å². The van der Waals surface area contributed by atoms with Crippen molar-refractivity contribution in [2.24, 2.45) is 5.92 Å². The molecule has 170 valence electrons. The molecular weight excluding hydrogens is 401 g/mol. The van der Waals surface area contributed by atoms with E-state index in [-0.39, 0.29) is 42.7 Å². The van der Waals surface area contributed by atoms with Gasteiger partial charge in [-0.3, -0.25) is 19.3 Å². The lowest BCUT2D eigenvalue weighted by Gasteiger charge is -2.35. The Morgan fingerprint density at radius 1 is 1.29 bits per heavy atom. The van der Waals surface area contributed by atoms with Gasteiger partial charge in [0.2, 0.25) is 17.7 Å². The van der Waals surface area contributed by atoms with E-state index in [9.17, 15) is 18.8 Å². The standard InChI is InChI=1S/C23H32FN3O4/c1-25(2)11-12-27-21(29)14-23(22(27)30,18-8-4-5-9-19(18)24)13-20(28)26-10-6-7-17(15-26)16-31-3/h4-5,8-9,17H,6-7,10-16H2,1-3H3/t17-,23+/m1/s1. The molecule has 0 aliphatic carbocycles.